The van der Waals surface area contributed by atoms with Crippen molar-refractivity contribution in [3.05, 3.63) is 23.8 Å². The maximum atomic E-state index is 4.69. The molecule has 0 spiro atoms. The Hall–Kier alpha value is -1.12. The maximum Gasteiger partial charge on any atom is 0.191 e. The maximum absolute atomic E-state index is 4.69. The van der Waals surface area contributed by atoms with E-state index in [1.165, 1.54) is 32.1 Å². The van der Waals surface area contributed by atoms with Crippen LogP contribution in [-0.4, -0.2) is 40.4 Å². The first-order valence-electron chi connectivity index (χ1n) is 9.90. The van der Waals surface area contributed by atoms with Gasteiger partial charge in [0.15, 0.2) is 5.96 Å². The van der Waals surface area contributed by atoms with Crippen LogP contribution in [0.25, 0.3) is 0 Å². The average molecular weight is 474 g/mol. The third kappa shape index (κ3) is 8.51. The van der Waals surface area contributed by atoms with Gasteiger partial charge < -0.3 is 15.2 Å². The fourth-order valence-corrected chi connectivity index (χ4v) is 3.03. The summed E-state index contributed by atoms with van der Waals surface area (Å²) in [5.41, 5.74) is 1.60. The first kappa shape index (κ1) is 22.9. The van der Waals surface area contributed by atoms with Crippen LogP contribution in [0.4, 0.5) is 0 Å². The number of guanidine groups is 1. The Bertz CT molecular complexity index is 552. The first-order chi connectivity index (χ1) is 12.3. The summed E-state index contributed by atoms with van der Waals surface area (Å²) in [6.07, 6.45) is 13.8. The number of nitrogens with zero attached hydrogens (tertiary/aromatic N) is 4. The minimum atomic E-state index is 0. The lowest BCUT2D eigenvalue weighted by Crippen LogP contribution is -2.39. The second kappa shape index (κ2) is 14.0. The number of hydrogen-bond donors (Lipinski definition) is 2. The molecule has 0 fully saturated rings. The second-order valence-electron chi connectivity index (χ2n) is 6.59. The van der Waals surface area contributed by atoms with Gasteiger partial charge in [-0.25, -0.2) is 0 Å². The smallest absolute Gasteiger partial charge is 0.191 e. The topological polar surface area (TPSA) is 67.1 Å². The normalized spacial score (nSPS) is 14.5. The molecular weight excluding hydrogens is 439 g/mol. The largest absolute Gasteiger partial charge is 0.356 e. The fourth-order valence-electron chi connectivity index (χ4n) is 3.03. The number of rotatable bonds is 10. The molecule has 1 aliphatic carbocycles. The molecule has 0 bridgehead atoms. The Balaban J connectivity index is 0.00000338. The number of unbranched alkanes of at least 4 members (excludes halogenated alkanes) is 1. The van der Waals surface area contributed by atoms with Crippen molar-refractivity contribution in [1.29, 1.82) is 0 Å². The highest BCUT2D eigenvalue weighted by molar-refractivity contribution is 14.0. The molecule has 0 atom stereocenters. The molecule has 6 nitrogen and oxygen atoms in total. The lowest BCUT2D eigenvalue weighted by atomic mass is 9.97. The van der Waals surface area contributed by atoms with E-state index in [0.717, 1.165) is 57.2 Å². The molecule has 2 rings (SSSR count). The van der Waals surface area contributed by atoms with Gasteiger partial charge in [-0.2, -0.15) is 0 Å². The number of aliphatic imine (C=N–C) groups is 1. The molecule has 0 saturated heterocycles. The second-order valence-corrected chi connectivity index (χ2v) is 6.59. The highest BCUT2D eigenvalue weighted by atomic mass is 127. The fraction of sp³-hybridized carbons (Fsp3) is 0.737. The van der Waals surface area contributed by atoms with Crippen molar-refractivity contribution < 1.29 is 0 Å². The van der Waals surface area contributed by atoms with Gasteiger partial charge in [0.1, 0.15) is 12.2 Å². The summed E-state index contributed by atoms with van der Waals surface area (Å²) in [5, 5.41) is 15.1. The number of hydrogen-bond acceptors (Lipinski definition) is 3. The zero-order valence-corrected chi connectivity index (χ0v) is 18.7. The lowest BCUT2D eigenvalue weighted by Gasteiger charge is -2.16. The van der Waals surface area contributed by atoms with Crippen LogP contribution in [0.3, 0.4) is 0 Å². The van der Waals surface area contributed by atoms with Gasteiger partial charge >= 0.3 is 0 Å². The number of aromatic nitrogens is 3. The number of halogens is 1. The summed E-state index contributed by atoms with van der Waals surface area (Å²) in [5.74, 6) is 1.96. The van der Waals surface area contributed by atoms with Gasteiger partial charge in [-0.15, -0.1) is 34.2 Å². The van der Waals surface area contributed by atoms with Crippen LogP contribution in [0.5, 0.6) is 0 Å². The van der Waals surface area contributed by atoms with Crippen molar-refractivity contribution in [3.63, 3.8) is 0 Å². The molecule has 7 heteroatoms. The summed E-state index contributed by atoms with van der Waals surface area (Å²) in [6, 6.07) is 0. The van der Waals surface area contributed by atoms with Crippen molar-refractivity contribution in [2.75, 3.05) is 19.6 Å². The Morgan fingerprint density at radius 3 is 2.81 bits per heavy atom. The molecule has 0 aliphatic heterocycles. The average Bonchev–Trinajstić information content (AvgIpc) is 3.10. The molecule has 1 heterocycles. The van der Waals surface area contributed by atoms with Gasteiger partial charge in [-0.05, 0) is 38.5 Å². The molecule has 0 aromatic carbocycles. The van der Waals surface area contributed by atoms with Crippen molar-refractivity contribution in [2.24, 2.45) is 4.99 Å². The van der Waals surface area contributed by atoms with Crippen LogP contribution < -0.4 is 10.6 Å². The van der Waals surface area contributed by atoms with Crippen LogP contribution in [-0.2, 0) is 13.0 Å². The lowest BCUT2D eigenvalue weighted by molar-refractivity contribution is 0.627. The Kier molecular flexibility index (Phi) is 12.3. The first-order valence-corrected chi connectivity index (χ1v) is 9.90. The predicted octanol–water partition coefficient (Wildman–Crippen LogP) is 3.68. The molecule has 0 saturated carbocycles. The van der Waals surface area contributed by atoms with Gasteiger partial charge in [0.2, 0.25) is 0 Å². The molecule has 26 heavy (non-hydrogen) atoms. The minimum Gasteiger partial charge on any atom is -0.356 e. The van der Waals surface area contributed by atoms with Crippen LogP contribution in [0, 0.1) is 0 Å². The molecule has 148 valence electrons. The van der Waals surface area contributed by atoms with Crippen molar-refractivity contribution in [1.82, 2.24) is 25.4 Å². The third-order valence-corrected chi connectivity index (χ3v) is 4.56. The molecule has 1 aliphatic rings. The van der Waals surface area contributed by atoms with Gasteiger partial charge in [0, 0.05) is 32.6 Å². The summed E-state index contributed by atoms with van der Waals surface area (Å²) in [6.45, 7) is 7.82. The Morgan fingerprint density at radius 2 is 2.08 bits per heavy atom. The number of allylic oxidation sites excluding steroid dienone is 1. The number of nitrogens with one attached hydrogen (secondary N) is 2. The van der Waals surface area contributed by atoms with E-state index in [4.69, 9.17) is 4.99 Å². The van der Waals surface area contributed by atoms with Crippen molar-refractivity contribution in [3.8, 4) is 0 Å². The van der Waals surface area contributed by atoms with E-state index in [1.54, 1.807) is 11.9 Å². The summed E-state index contributed by atoms with van der Waals surface area (Å²) < 4.78 is 2.10. The van der Waals surface area contributed by atoms with Crippen LogP contribution in [0.15, 0.2) is 23.0 Å². The van der Waals surface area contributed by atoms with Crippen molar-refractivity contribution in [2.45, 2.75) is 71.8 Å². The van der Waals surface area contributed by atoms with Gasteiger partial charge in [0.25, 0.3) is 0 Å². The van der Waals surface area contributed by atoms with E-state index in [1.807, 2.05) is 0 Å². The molecular formula is C19H35IN6. The van der Waals surface area contributed by atoms with E-state index in [9.17, 15) is 0 Å². The predicted molar refractivity (Wildman–Crippen MR) is 119 cm³/mol. The monoisotopic (exact) mass is 474 g/mol. The quantitative estimate of drug-likeness (QED) is 0.179. The van der Waals surface area contributed by atoms with E-state index in [0.29, 0.717) is 0 Å². The zero-order valence-electron chi connectivity index (χ0n) is 16.3. The highest BCUT2D eigenvalue weighted by Gasteiger charge is 2.05. The third-order valence-electron chi connectivity index (χ3n) is 4.56. The molecule has 0 amide bonds. The Morgan fingerprint density at radius 1 is 1.23 bits per heavy atom. The van der Waals surface area contributed by atoms with E-state index in [2.05, 4.69) is 45.3 Å². The van der Waals surface area contributed by atoms with Gasteiger partial charge in [0.05, 0.1) is 0 Å². The van der Waals surface area contributed by atoms with E-state index in [-0.39, 0.29) is 24.0 Å². The SMILES string of the molecule is CCCCN=C(NCCC1=CCCCC1)NCCn1cnnc1CC.I. The zero-order chi connectivity index (χ0) is 17.7. The molecule has 2 N–H and O–H groups in total. The summed E-state index contributed by atoms with van der Waals surface area (Å²) >= 11 is 0. The van der Waals surface area contributed by atoms with E-state index >= 15 is 0 Å². The molecule has 0 radical (unpaired) electrons. The highest BCUT2D eigenvalue weighted by Crippen LogP contribution is 2.19. The number of aryl methyl sites for hydroxylation is 1. The standard InChI is InChI=1S/C19H34N6.HI/c1-3-5-12-20-19(21-13-11-17-9-7-6-8-10-17)22-14-15-25-16-23-24-18(25)4-2;/h9,16H,3-8,10-15H2,1-2H3,(H2,20,21,22);1H. The molecule has 0 unspecified atom stereocenters. The molecule has 1 aromatic heterocycles. The van der Waals surface area contributed by atoms with Crippen LogP contribution >= 0.6 is 24.0 Å². The summed E-state index contributed by atoms with van der Waals surface area (Å²) in [4.78, 5) is 4.69. The van der Waals surface area contributed by atoms with Crippen LogP contribution in [0.1, 0.15) is 64.6 Å². The van der Waals surface area contributed by atoms with Crippen LogP contribution in [0.2, 0.25) is 0 Å². The van der Waals surface area contributed by atoms with E-state index < -0.39 is 0 Å². The van der Waals surface area contributed by atoms with Crippen molar-refractivity contribution >= 4 is 29.9 Å². The minimum absolute atomic E-state index is 0. The van der Waals surface area contributed by atoms with Gasteiger partial charge in [-0.3, -0.25) is 4.99 Å². The summed E-state index contributed by atoms with van der Waals surface area (Å²) in [7, 11) is 0. The Labute approximate surface area is 175 Å². The van der Waals surface area contributed by atoms with Gasteiger partial charge in [-0.1, -0.05) is 31.9 Å². The molecule has 1 aromatic rings.